The predicted octanol–water partition coefficient (Wildman–Crippen LogP) is 4.37. The molecule has 1 heterocycles. The molecule has 0 aromatic heterocycles. The highest BCUT2D eigenvalue weighted by Gasteiger charge is 2.27. The molecule has 22 heavy (non-hydrogen) atoms. The molecular formula is C17H14ClNO2S. The molecule has 1 amide bonds. The number of rotatable bonds is 4. The number of thioether (sulfide) groups is 1. The Labute approximate surface area is 138 Å². The second-order valence-corrected chi connectivity index (χ2v) is 6.66. The number of amides is 1. The number of carbonyl (C=O) groups excluding carboxylic acids is 2. The minimum absolute atomic E-state index is 0.0184. The Morgan fingerprint density at radius 2 is 1.95 bits per heavy atom. The molecule has 1 aliphatic rings. The van der Waals surface area contributed by atoms with Gasteiger partial charge in [-0.05, 0) is 55.0 Å². The van der Waals surface area contributed by atoms with Crippen molar-refractivity contribution in [1.82, 2.24) is 0 Å². The number of halogens is 1. The SMILES string of the molecule is C[C@H]1C(=O)Nc2ccc(C(=O)CSc3ccc(Cl)cc3)cc21. The van der Waals surface area contributed by atoms with Crippen LogP contribution < -0.4 is 5.32 Å². The summed E-state index contributed by atoms with van der Waals surface area (Å²) in [5.74, 6) is 0.187. The van der Waals surface area contributed by atoms with Crippen molar-refractivity contribution < 1.29 is 9.59 Å². The van der Waals surface area contributed by atoms with Gasteiger partial charge in [-0.15, -0.1) is 11.8 Å². The van der Waals surface area contributed by atoms with Crippen molar-refractivity contribution in [2.24, 2.45) is 0 Å². The fourth-order valence-electron chi connectivity index (χ4n) is 2.35. The quantitative estimate of drug-likeness (QED) is 0.668. The summed E-state index contributed by atoms with van der Waals surface area (Å²) in [6, 6.07) is 12.8. The summed E-state index contributed by atoms with van der Waals surface area (Å²) in [4.78, 5) is 25.0. The van der Waals surface area contributed by atoms with Crippen molar-refractivity contribution in [3.8, 4) is 0 Å². The zero-order valence-electron chi connectivity index (χ0n) is 11.9. The molecule has 5 heteroatoms. The van der Waals surface area contributed by atoms with Crippen molar-refractivity contribution >= 4 is 40.7 Å². The molecule has 2 aromatic carbocycles. The summed E-state index contributed by atoms with van der Waals surface area (Å²) in [6.07, 6.45) is 0. The first-order valence-electron chi connectivity index (χ1n) is 6.91. The van der Waals surface area contributed by atoms with Crippen LogP contribution in [-0.2, 0) is 4.79 Å². The molecule has 0 radical (unpaired) electrons. The predicted molar refractivity (Wildman–Crippen MR) is 90.0 cm³/mol. The minimum Gasteiger partial charge on any atom is -0.325 e. The molecule has 1 aliphatic heterocycles. The first-order chi connectivity index (χ1) is 10.5. The van der Waals surface area contributed by atoms with E-state index in [0.717, 1.165) is 16.1 Å². The molecule has 0 aliphatic carbocycles. The maximum atomic E-state index is 12.3. The number of anilines is 1. The van der Waals surface area contributed by atoms with Crippen LogP contribution in [0.2, 0.25) is 5.02 Å². The molecular weight excluding hydrogens is 318 g/mol. The van der Waals surface area contributed by atoms with E-state index >= 15 is 0 Å². The molecule has 0 saturated heterocycles. The summed E-state index contributed by atoms with van der Waals surface area (Å²) in [7, 11) is 0. The Morgan fingerprint density at radius 3 is 2.68 bits per heavy atom. The lowest BCUT2D eigenvalue weighted by atomic mass is 9.99. The number of hydrogen-bond donors (Lipinski definition) is 1. The highest BCUT2D eigenvalue weighted by atomic mass is 35.5. The van der Waals surface area contributed by atoms with Gasteiger partial charge in [0.05, 0.1) is 11.7 Å². The number of nitrogens with one attached hydrogen (secondary N) is 1. The molecule has 112 valence electrons. The van der Waals surface area contributed by atoms with E-state index in [1.807, 2.05) is 37.3 Å². The summed E-state index contributed by atoms with van der Waals surface area (Å²) in [5, 5.41) is 3.49. The number of carbonyl (C=O) groups is 2. The first kappa shape index (κ1) is 15.1. The maximum Gasteiger partial charge on any atom is 0.231 e. The van der Waals surface area contributed by atoms with E-state index in [-0.39, 0.29) is 17.6 Å². The summed E-state index contributed by atoms with van der Waals surface area (Å²) < 4.78 is 0. The highest BCUT2D eigenvalue weighted by molar-refractivity contribution is 8.00. The second kappa shape index (κ2) is 6.15. The molecule has 3 rings (SSSR count). The molecule has 0 spiro atoms. The van der Waals surface area contributed by atoms with Crippen molar-refractivity contribution in [3.63, 3.8) is 0 Å². The van der Waals surface area contributed by atoms with Crippen molar-refractivity contribution in [2.75, 3.05) is 11.1 Å². The Kier molecular flexibility index (Phi) is 4.23. The van der Waals surface area contributed by atoms with Crippen LogP contribution in [0.1, 0.15) is 28.8 Å². The van der Waals surface area contributed by atoms with Gasteiger partial charge in [-0.1, -0.05) is 11.6 Å². The van der Waals surface area contributed by atoms with E-state index in [2.05, 4.69) is 5.32 Å². The van der Waals surface area contributed by atoms with E-state index in [4.69, 9.17) is 11.6 Å². The monoisotopic (exact) mass is 331 g/mol. The van der Waals surface area contributed by atoms with Gasteiger partial charge in [0.15, 0.2) is 5.78 Å². The van der Waals surface area contributed by atoms with E-state index in [1.54, 1.807) is 12.1 Å². The first-order valence-corrected chi connectivity index (χ1v) is 8.27. The minimum atomic E-state index is -0.202. The van der Waals surface area contributed by atoms with Crippen LogP contribution in [0.4, 0.5) is 5.69 Å². The number of hydrogen-bond acceptors (Lipinski definition) is 3. The third kappa shape index (κ3) is 3.03. The molecule has 2 aromatic rings. The van der Waals surface area contributed by atoms with Crippen LogP contribution in [0.5, 0.6) is 0 Å². The van der Waals surface area contributed by atoms with E-state index in [0.29, 0.717) is 16.3 Å². The third-order valence-corrected chi connectivity index (χ3v) is 4.94. The molecule has 3 nitrogen and oxygen atoms in total. The van der Waals surface area contributed by atoms with Gasteiger partial charge in [0.25, 0.3) is 0 Å². The normalized spacial score (nSPS) is 16.3. The Hall–Kier alpha value is -1.78. The number of benzene rings is 2. The van der Waals surface area contributed by atoms with Gasteiger partial charge in [0, 0.05) is 21.2 Å². The van der Waals surface area contributed by atoms with Gasteiger partial charge >= 0.3 is 0 Å². The molecule has 0 bridgehead atoms. The van der Waals surface area contributed by atoms with Crippen LogP contribution >= 0.6 is 23.4 Å². The average molecular weight is 332 g/mol. The lowest BCUT2D eigenvalue weighted by molar-refractivity contribution is -0.116. The largest absolute Gasteiger partial charge is 0.325 e. The van der Waals surface area contributed by atoms with Crippen molar-refractivity contribution in [1.29, 1.82) is 0 Å². The molecule has 1 atom stereocenters. The molecule has 0 fully saturated rings. The Morgan fingerprint density at radius 1 is 1.23 bits per heavy atom. The smallest absolute Gasteiger partial charge is 0.231 e. The highest BCUT2D eigenvalue weighted by Crippen LogP contribution is 2.33. The number of ketones is 1. The Balaban J connectivity index is 1.71. The fourth-order valence-corrected chi connectivity index (χ4v) is 3.27. The zero-order chi connectivity index (χ0) is 15.7. The summed E-state index contributed by atoms with van der Waals surface area (Å²) in [5.41, 5.74) is 2.34. The van der Waals surface area contributed by atoms with Crippen LogP contribution in [0.25, 0.3) is 0 Å². The van der Waals surface area contributed by atoms with Crippen LogP contribution in [0.3, 0.4) is 0 Å². The zero-order valence-corrected chi connectivity index (χ0v) is 13.5. The maximum absolute atomic E-state index is 12.3. The van der Waals surface area contributed by atoms with E-state index in [9.17, 15) is 9.59 Å². The molecule has 0 unspecified atom stereocenters. The van der Waals surface area contributed by atoms with Gasteiger partial charge in [-0.25, -0.2) is 0 Å². The van der Waals surface area contributed by atoms with Crippen molar-refractivity contribution in [3.05, 3.63) is 58.6 Å². The van der Waals surface area contributed by atoms with Gasteiger partial charge in [0.2, 0.25) is 5.91 Å². The Bertz CT molecular complexity index is 743. The lowest BCUT2D eigenvalue weighted by Gasteiger charge is -2.06. The van der Waals surface area contributed by atoms with Crippen LogP contribution in [0.15, 0.2) is 47.4 Å². The summed E-state index contributed by atoms with van der Waals surface area (Å²) >= 11 is 7.32. The fraction of sp³-hybridized carbons (Fsp3) is 0.176. The third-order valence-electron chi connectivity index (χ3n) is 3.67. The number of Topliss-reactive ketones (excluding diaryl/α,β-unsaturated/α-hetero) is 1. The van der Waals surface area contributed by atoms with Gasteiger partial charge in [0.1, 0.15) is 0 Å². The van der Waals surface area contributed by atoms with Gasteiger partial charge in [-0.3, -0.25) is 9.59 Å². The molecule has 0 saturated carbocycles. The summed E-state index contributed by atoms with van der Waals surface area (Å²) in [6.45, 7) is 1.85. The van der Waals surface area contributed by atoms with Crippen molar-refractivity contribution in [2.45, 2.75) is 17.7 Å². The standard InChI is InChI=1S/C17H14ClNO2S/c1-10-14-8-11(2-7-15(14)19-17(10)21)16(20)9-22-13-5-3-12(18)4-6-13/h2-8,10H,9H2,1H3,(H,19,21)/t10-/m1/s1. The number of fused-ring (bicyclic) bond motifs is 1. The second-order valence-electron chi connectivity index (χ2n) is 5.18. The average Bonchev–Trinajstić information content (AvgIpc) is 2.81. The van der Waals surface area contributed by atoms with Crippen LogP contribution in [-0.4, -0.2) is 17.4 Å². The van der Waals surface area contributed by atoms with Crippen LogP contribution in [0, 0.1) is 0 Å². The lowest BCUT2D eigenvalue weighted by Crippen LogP contribution is -2.08. The molecule has 1 N–H and O–H groups in total. The topological polar surface area (TPSA) is 46.2 Å². The van der Waals surface area contributed by atoms with E-state index in [1.165, 1.54) is 11.8 Å². The van der Waals surface area contributed by atoms with E-state index < -0.39 is 0 Å². The van der Waals surface area contributed by atoms with Gasteiger partial charge in [-0.2, -0.15) is 0 Å². The van der Waals surface area contributed by atoms with Gasteiger partial charge < -0.3 is 5.32 Å².